The third-order valence-corrected chi connectivity index (χ3v) is 17.9. The normalized spacial score (nSPS) is 13.4. The Morgan fingerprint density at radius 1 is 0.412 bits per heavy atom. The van der Waals surface area contributed by atoms with Crippen LogP contribution in [0.15, 0.2) is 268 Å². The average molecular weight is 1160 g/mol. The highest BCUT2D eigenvalue weighted by Gasteiger charge is 2.37. The van der Waals surface area contributed by atoms with E-state index < -0.39 is 0 Å². The number of fused-ring (bicyclic) bond motifs is 16. The Labute approximate surface area is 498 Å². The van der Waals surface area contributed by atoms with Crippen LogP contribution in [0.2, 0.25) is 0 Å². The van der Waals surface area contributed by atoms with Crippen molar-refractivity contribution >= 4 is 121 Å². The summed E-state index contributed by atoms with van der Waals surface area (Å²) in [7, 11) is 0. The number of rotatable bonds is 5. The lowest BCUT2D eigenvalue weighted by atomic mass is 9.82. The van der Waals surface area contributed by atoms with Crippen LogP contribution < -0.4 is 10.2 Å². The highest BCUT2D eigenvalue weighted by Crippen LogP contribution is 2.52. The lowest BCUT2D eigenvalue weighted by molar-refractivity contribution is 0.660. The predicted octanol–water partition coefficient (Wildman–Crippen LogP) is 21.0. The van der Waals surface area contributed by atoms with Crippen molar-refractivity contribution in [3.63, 3.8) is 0 Å². The van der Waals surface area contributed by atoms with E-state index >= 15 is 0 Å². The number of benzene rings is 10. The fourth-order valence-electron chi connectivity index (χ4n) is 13.4. The molecule has 0 saturated carbocycles. The first-order valence-electron chi connectivity index (χ1n) is 28.8. The first kappa shape index (κ1) is 50.5. The number of furan rings is 2. The van der Waals surface area contributed by atoms with Crippen LogP contribution in [-0.2, 0) is 10.8 Å². The Balaban J connectivity index is 0.000000117. The Hall–Kier alpha value is -10.2. The minimum atomic E-state index is -0.0583. The van der Waals surface area contributed by atoms with Crippen molar-refractivity contribution in [3.8, 4) is 22.3 Å². The summed E-state index contributed by atoms with van der Waals surface area (Å²) in [5.74, 6) is 0.837. The van der Waals surface area contributed by atoms with Crippen molar-refractivity contribution in [2.75, 3.05) is 10.2 Å². The maximum atomic E-state index is 6.55. The van der Waals surface area contributed by atoms with Gasteiger partial charge in [-0.3, -0.25) is 4.90 Å². The van der Waals surface area contributed by atoms with Crippen LogP contribution >= 0.6 is 15.9 Å². The van der Waals surface area contributed by atoms with E-state index in [1.807, 2.05) is 57.7 Å². The van der Waals surface area contributed by atoms with Crippen molar-refractivity contribution in [3.05, 3.63) is 282 Å². The van der Waals surface area contributed by atoms with Gasteiger partial charge in [-0.2, -0.15) is 5.10 Å². The number of nitrogens with one attached hydrogen (secondary N) is 1. The van der Waals surface area contributed by atoms with E-state index in [1.165, 1.54) is 60.7 Å². The highest BCUT2D eigenvalue weighted by atomic mass is 79.9. The van der Waals surface area contributed by atoms with E-state index in [0.29, 0.717) is 0 Å². The zero-order valence-corrected chi connectivity index (χ0v) is 48.8. The lowest BCUT2D eigenvalue weighted by Gasteiger charge is -2.25. The van der Waals surface area contributed by atoms with Crippen LogP contribution in [0.3, 0.4) is 0 Å². The summed E-state index contributed by atoms with van der Waals surface area (Å²) >= 11 is 3.37. The van der Waals surface area contributed by atoms with E-state index in [1.54, 1.807) is 0 Å². The number of hydrogen-bond donors (Lipinski definition) is 1. The summed E-state index contributed by atoms with van der Waals surface area (Å²) in [5, 5.41) is 22.3. The molecule has 10 aromatic carbocycles. The number of nitrogens with zero attached hydrogens (tertiary/aromatic N) is 5. The zero-order chi connectivity index (χ0) is 57.1. The molecule has 0 spiro atoms. The van der Waals surface area contributed by atoms with Gasteiger partial charge in [-0.05, 0) is 138 Å². The van der Waals surface area contributed by atoms with Crippen LogP contribution in [0, 0.1) is 0 Å². The van der Waals surface area contributed by atoms with Gasteiger partial charge < -0.3 is 14.2 Å². The quantitative estimate of drug-likeness (QED) is 0.185. The molecule has 408 valence electrons. The van der Waals surface area contributed by atoms with Crippen LogP contribution in [0.1, 0.15) is 49.9 Å². The Kier molecular flexibility index (Phi) is 11.6. The number of pyridine rings is 2. The summed E-state index contributed by atoms with van der Waals surface area (Å²) < 4.78 is 17.5. The van der Waals surface area contributed by atoms with E-state index in [0.717, 1.165) is 93.5 Å². The predicted molar refractivity (Wildman–Crippen MR) is 354 cm³/mol. The van der Waals surface area contributed by atoms with Gasteiger partial charge in [-0.25, -0.2) is 9.03 Å². The topological polar surface area (TPSA) is 76.2 Å². The molecule has 0 fully saturated rings. The summed E-state index contributed by atoms with van der Waals surface area (Å²) in [6.07, 6.45) is 4.14. The van der Waals surface area contributed by atoms with E-state index in [2.05, 4.69) is 265 Å². The molecule has 2 aliphatic carbocycles. The zero-order valence-electron chi connectivity index (χ0n) is 47.2. The first-order valence-corrected chi connectivity index (χ1v) is 29.6. The number of hydrogen-bond acceptors (Lipinski definition) is 6. The second-order valence-electron chi connectivity index (χ2n) is 23.3. The van der Waals surface area contributed by atoms with Crippen LogP contribution in [0.4, 0.5) is 28.6 Å². The Morgan fingerprint density at radius 3 is 1.56 bits per heavy atom. The van der Waals surface area contributed by atoms with E-state index in [9.17, 15) is 0 Å². The van der Waals surface area contributed by atoms with Gasteiger partial charge in [0.1, 0.15) is 15.8 Å². The standard InChI is InChI=1S/C38H27N3O.C27H21NO.C11H7BrN2/c1-38(2)32-15-7-5-12-28(32)31-21-26(18-19-33(31)38)41(34-16-9-14-30-29-13-6-8-17-35(29)42-37(30)34)36-22-27-20-24-10-3-4-11-25(24)23-40(27)39-36;1-27(2)22-11-5-3-8-18(22)21-16-17(14-15-23(21)27)28-24-12-7-10-20-19-9-4-6-13-25(19)29-26(20)24;12-11-6-10-5-8-3-1-2-4-9(8)7-14(10)13-11/h3-23H,1-2H3;3-16,28H,1-2H3;1-7H. The first-order chi connectivity index (χ1) is 41.5. The average Bonchev–Trinajstić information content (AvgIpc) is 1.83. The van der Waals surface area contributed by atoms with Gasteiger partial charge in [0.25, 0.3) is 0 Å². The molecule has 0 atom stereocenters. The molecule has 0 aliphatic heterocycles. The monoisotopic (exact) mass is 1160 g/mol. The molecule has 0 bridgehead atoms. The fourth-order valence-corrected chi connectivity index (χ4v) is 13.8. The molecule has 85 heavy (non-hydrogen) atoms. The third-order valence-electron chi connectivity index (χ3n) is 17.6. The number of aromatic nitrogens is 4. The van der Waals surface area contributed by atoms with Gasteiger partial charge in [0.15, 0.2) is 17.0 Å². The molecule has 18 rings (SSSR count). The maximum absolute atomic E-state index is 6.55. The van der Waals surface area contributed by atoms with Gasteiger partial charge in [0.05, 0.1) is 22.4 Å². The molecule has 6 aromatic heterocycles. The minimum absolute atomic E-state index is 0.0310. The summed E-state index contributed by atoms with van der Waals surface area (Å²) in [6.45, 7) is 9.24. The molecule has 6 heterocycles. The highest BCUT2D eigenvalue weighted by molar-refractivity contribution is 9.10. The van der Waals surface area contributed by atoms with Crippen LogP contribution in [-0.4, -0.2) is 19.2 Å². The molecular formula is C76H55BrN6O2. The molecule has 0 amide bonds. The molecule has 0 radical (unpaired) electrons. The second kappa shape index (κ2) is 19.4. The Morgan fingerprint density at radius 2 is 0.906 bits per heavy atom. The molecule has 9 heteroatoms. The van der Waals surface area contributed by atoms with Crippen LogP contribution in [0.5, 0.6) is 0 Å². The van der Waals surface area contributed by atoms with Crippen molar-refractivity contribution in [1.29, 1.82) is 0 Å². The van der Waals surface area contributed by atoms with Gasteiger partial charge in [0, 0.05) is 73.0 Å². The van der Waals surface area contributed by atoms with Crippen molar-refractivity contribution < 1.29 is 8.83 Å². The number of para-hydroxylation sites is 4. The van der Waals surface area contributed by atoms with Crippen molar-refractivity contribution in [2.24, 2.45) is 0 Å². The fraction of sp³-hybridized carbons (Fsp3) is 0.0789. The molecule has 2 aliphatic rings. The summed E-state index contributed by atoms with van der Waals surface area (Å²) in [6, 6.07) is 85.4. The molecule has 8 nitrogen and oxygen atoms in total. The van der Waals surface area contributed by atoms with E-state index in [4.69, 9.17) is 13.9 Å². The smallest absolute Gasteiger partial charge is 0.160 e. The van der Waals surface area contributed by atoms with E-state index in [-0.39, 0.29) is 10.8 Å². The maximum Gasteiger partial charge on any atom is 0.160 e. The van der Waals surface area contributed by atoms with Crippen molar-refractivity contribution in [1.82, 2.24) is 19.2 Å². The van der Waals surface area contributed by atoms with Gasteiger partial charge in [-0.1, -0.05) is 198 Å². The largest absolute Gasteiger partial charge is 0.454 e. The number of halogens is 1. The molecule has 0 unspecified atom stereocenters. The second-order valence-corrected chi connectivity index (χ2v) is 24.2. The molecule has 0 saturated heterocycles. The molecular weight excluding hydrogens is 1110 g/mol. The molecule has 16 aromatic rings. The molecule has 1 N–H and O–H groups in total. The van der Waals surface area contributed by atoms with Crippen molar-refractivity contribution in [2.45, 2.75) is 38.5 Å². The Bertz CT molecular complexity index is 5250. The van der Waals surface area contributed by atoms with Gasteiger partial charge in [0.2, 0.25) is 0 Å². The third kappa shape index (κ3) is 8.32. The van der Waals surface area contributed by atoms with Gasteiger partial charge in [-0.15, -0.1) is 5.10 Å². The summed E-state index contributed by atoms with van der Waals surface area (Å²) in [5.41, 5.74) is 20.4. The summed E-state index contributed by atoms with van der Waals surface area (Å²) in [4.78, 5) is 2.25. The minimum Gasteiger partial charge on any atom is -0.454 e. The van der Waals surface area contributed by atoms with Gasteiger partial charge >= 0.3 is 0 Å². The SMILES string of the molecule is Brc1cc2cc3ccccc3cn2n1.CC1(C)c2ccccc2-c2cc(N(c3cc4cc5ccccc5cn4n3)c3cccc4c3oc3ccccc34)ccc21.CC1(C)c2ccccc2-c2cc(Nc3cccc4c3oc3ccccc34)ccc21. The van der Waals surface area contributed by atoms with Crippen LogP contribution in [0.25, 0.3) is 98.7 Å². The number of anilines is 5. The lowest BCUT2D eigenvalue weighted by Crippen LogP contribution is -2.15.